The van der Waals surface area contributed by atoms with Crippen molar-refractivity contribution in [2.75, 3.05) is 0 Å². The summed E-state index contributed by atoms with van der Waals surface area (Å²) in [6.07, 6.45) is 3.07. The molecule has 0 bridgehead atoms. The van der Waals surface area contributed by atoms with Gasteiger partial charge in [-0.3, -0.25) is 4.79 Å². The molecule has 25 heavy (non-hydrogen) atoms. The quantitative estimate of drug-likeness (QED) is 0.754. The fourth-order valence-electron chi connectivity index (χ4n) is 2.38. The first-order valence-corrected chi connectivity index (χ1v) is 9.72. The molecule has 1 heterocycles. The van der Waals surface area contributed by atoms with Crippen molar-refractivity contribution in [1.29, 1.82) is 0 Å². The van der Waals surface area contributed by atoms with Crippen LogP contribution in [0.5, 0.6) is 0 Å². The van der Waals surface area contributed by atoms with Gasteiger partial charge in [-0.25, -0.2) is 13.1 Å². The molecule has 0 spiro atoms. The Bertz CT molecular complexity index is 798. The number of sulfonamides is 1. The van der Waals surface area contributed by atoms with Crippen LogP contribution in [0.4, 0.5) is 0 Å². The molecule has 0 aliphatic carbocycles. The normalized spacial score (nSPS) is 13.0. The molecule has 0 saturated heterocycles. The van der Waals surface area contributed by atoms with E-state index >= 15 is 0 Å². The summed E-state index contributed by atoms with van der Waals surface area (Å²) in [7, 11) is -3.63. The number of carbonyl (C=O) groups excluding carboxylic acids is 1. The lowest BCUT2D eigenvalue weighted by atomic mass is 10.1. The first-order valence-electron chi connectivity index (χ1n) is 8.23. The zero-order valence-corrected chi connectivity index (χ0v) is 15.5. The minimum atomic E-state index is -3.63. The fraction of sp³-hybridized carbons (Fsp3) is 0.389. The van der Waals surface area contributed by atoms with E-state index in [2.05, 4.69) is 10.0 Å². The Balaban J connectivity index is 2.00. The Morgan fingerprint density at radius 2 is 1.92 bits per heavy atom. The van der Waals surface area contributed by atoms with Crippen LogP contribution in [0.3, 0.4) is 0 Å². The van der Waals surface area contributed by atoms with Gasteiger partial charge < -0.3 is 9.73 Å². The monoisotopic (exact) mass is 364 g/mol. The predicted molar refractivity (Wildman–Crippen MR) is 95.9 cm³/mol. The summed E-state index contributed by atoms with van der Waals surface area (Å²) in [5.41, 5.74) is 0.316. The van der Waals surface area contributed by atoms with E-state index in [1.54, 1.807) is 32.2 Å². The van der Waals surface area contributed by atoms with E-state index in [1.807, 2.05) is 19.1 Å². The van der Waals surface area contributed by atoms with Gasteiger partial charge in [0.25, 0.3) is 5.91 Å². The van der Waals surface area contributed by atoms with Crippen LogP contribution in [0, 0.1) is 0 Å². The average molecular weight is 364 g/mol. The fourth-order valence-corrected chi connectivity index (χ4v) is 3.67. The Morgan fingerprint density at radius 3 is 2.56 bits per heavy atom. The Labute approximate surface area is 148 Å². The molecule has 0 unspecified atom stereocenters. The van der Waals surface area contributed by atoms with E-state index in [-0.39, 0.29) is 22.9 Å². The van der Waals surface area contributed by atoms with Gasteiger partial charge >= 0.3 is 0 Å². The smallest absolute Gasteiger partial charge is 0.251 e. The molecular weight excluding hydrogens is 340 g/mol. The minimum Gasteiger partial charge on any atom is -0.469 e. The number of benzene rings is 1. The second-order valence-corrected chi connectivity index (χ2v) is 8.01. The molecule has 1 aromatic carbocycles. The van der Waals surface area contributed by atoms with Crippen LogP contribution in [0.1, 0.15) is 43.3 Å². The van der Waals surface area contributed by atoms with Crippen LogP contribution in [-0.2, 0) is 16.4 Å². The van der Waals surface area contributed by atoms with Crippen LogP contribution in [0.15, 0.2) is 52.0 Å². The summed E-state index contributed by atoms with van der Waals surface area (Å²) >= 11 is 0. The minimum absolute atomic E-state index is 0.0633. The van der Waals surface area contributed by atoms with Gasteiger partial charge in [0.15, 0.2) is 0 Å². The molecule has 7 heteroatoms. The third-order valence-electron chi connectivity index (χ3n) is 3.58. The molecule has 1 amide bonds. The zero-order valence-electron chi connectivity index (χ0n) is 14.7. The number of nitrogens with one attached hydrogen (secondary N) is 2. The van der Waals surface area contributed by atoms with E-state index in [1.165, 1.54) is 12.1 Å². The summed E-state index contributed by atoms with van der Waals surface area (Å²) in [6.45, 7) is 5.39. The molecule has 2 rings (SSSR count). The third kappa shape index (κ3) is 5.72. The van der Waals surface area contributed by atoms with Crippen molar-refractivity contribution in [3.8, 4) is 0 Å². The summed E-state index contributed by atoms with van der Waals surface area (Å²) in [4.78, 5) is 12.4. The van der Waals surface area contributed by atoms with Crippen LogP contribution in [0.2, 0.25) is 0 Å². The summed E-state index contributed by atoms with van der Waals surface area (Å²) in [6, 6.07) is 9.47. The van der Waals surface area contributed by atoms with Crippen molar-refractivity contribution in [2.45, 2.75) is 50.6 Å². The molecule has 1 aromatic heterocycles. The van der Waals surface area contributed by atoms with Crippen molar-refractivity contribution in [1.82, 2.24) is 10.0 Å². The predicted octanol–water partition coefficient (Wildman–Crippen LogP) is 2.72. The maximum Gasteiger partial charge on any atom is 0.251 e. The molecule has 6 nitrogen and oxygen atoms in total. The van der Waals surface area contributed by atoms with Crippen LogP contribution < -0.4 is 10.0 Å². The maximum atomic E-state index is 12.4. The van der Waals surface area contributed by atoms with E-state index in [0.29, 0.717) is 5.56 Å². The standard InChI is InChI=1S/C18H24N2O4S/c1-13(2)20-25(22,23)17-8-4-6-15(12-17)18(21)19-14(3)9-10-16-7-5-11-24-16/h4-8,11-14,20H,9-10H2,1-3H3,(H,19,21)/t14-/m0/s1. The molecule has 136 valence electrons. The van der Waals surface area contributed by atoms with Crippen molar-refractivity contribution >= 4 is 15.9 Å². The van der Waals surface area contributed by atoms with Crippen molar-refractivity contribution < 1.29 is 17.6 Å². The molecule has 0 aliphatic rings. The maximum absolute atomic E-state index is 12.4. The molecule has 0 saturated carbocycles. The topological polar surface area (TPSA) is 88.4 Å². The van der Waals surface area contributed by atoms with E-state index in [4.69, 9.17) is 4.42 Å². The highest BCUT2D eigenvalue weighted by molar-refractivity contribution is 7.89. The van der Waals surface area contributed by atoms with Crippen molar-refractivity contribution in [2.24, 2.45) is 0 Å². The van der Waals surface area contributed by atoms with Gasteiger partial charge in [-0.05, 0) is 57.5 Å². The Morgan fingerprint density at radius 1 is 1.16 bits per heavy atom. The second-order valence-electron chi connectivity index (χ2n) is 6.30. The summed E-state index contributed by atoms with van der Waals surface area (Å²) in [5.74, 6) is 0.572. The highest BCUT2D eigenvalue weighted by atomic mass is 32.2. The lowest BCUT2D eigenvalue weighted by molar-refractivity contribution is 0.0938. The number of aryl methyl sites for hydroxylation is 1. The SMILES string of the molecule is CC(C)NS(=O)(=O)c1cccc(C(=O)N[C@@H](C)CCc2ccco2)c1. The van der Waals surface area contributed by atoms with Crippen molar-refractivity contribution in [3.05, 3.63) is 54.0 Å². The lowest BCUT2D eigenvalue weighted by Gasteiger charge is -2.14. The Hall–Kier alpha value is -2.12. The molecule has 0 radical (unpaired) electrons. The van der Waals surface area contributed by atoms with Crippen LogP contribution in [-0.4, -0.2) is 26.4 Å². The van der Waals surface area contributed by atoms with Gasteiger partial charge in [-0.15, -0.1) is 0 Å². The van der Waals surface area contributed by atoms with Gasteiger partial charge in [-0.1, -0.05) is 6.07 Å². The molecule has 2 aromatic rings. The van der Waals surface area contributed by atoms with Gasteiger partial charge in [0, 0.05) is 24.1 Å². The van der Waals surface area contributed by atoms with Gasteiger partial charge in [-0.2, -0.15) is 0 Å². The highest BCUT2D eigenvalue weighted by Crippen LogP contribution is 2.13. The first-order chi connectivity index (χ1) is 11.8. The number of furan rings is 1. The molecule has 2 N–H and O–H groups in total. The zero-order chi connectivity index (χ0) is 18.4. The number of hydrogen-bond donors (Lipinski definition) is 2. The van der Waals surface area contributed by atoms with Gasteiger partial charge in [0.2, 0.25) is 10.0 Å². The van der Waals surface area contributed by atoms with E-state index < -0.39 is 10.0 Å². The molecule has 0 fully saturated rings. The molecular formula is C18H24N2O4S. The van der Waals surface area contributed by atoms with E-state index in [9.17, 15) is 13.2 Å². The van der Waals surface area contributed by atoms with Crippen LogP contribution >= 0.6 is 0 Å². The third-order valence-corrected chi connectivity index (χ3v) is 5.23. The summed E-state index contributed by atoms with van der Waals surface area (Å²) < 4.78 is 32.2. The molecule has 0 aliphatic heterocycles. The van der Waals surface area contributed by atoms with Gasteiger partial charge in [0.1, 0.15) is 5.76 Å². The highest BCUT2D eigenvalue weighted by Gasteiger charge is 2.18. The van der Waals surface area contributed by atoms with E-state index in [0.717, 1.165) is 18.6 Å². The lowest BCUT2D eigenvalue weighted by Crippen LogP contribution is -2.33. The molecule has 1 atom stereocenters. The average Bonchev–Trinajstić information content (AvgIpc) is 3.05. The number of hydrogen-bond acceptors (Lipinski definition) is 4. The number of rotatable bonds is 8. The first kappa shape index (κ1) is 19.2. The number of carbonyl (C=O) groups is 1. The largest absolute Gasteiger partial charge is 0.469 e. The van der Waals surface area contributed by atoms with Crippen LogP contribution in [0.25, 0.3) is 0 Å². The Kier molecular flexibility index (Phi) is 6.39. The van der Waals surface area contributed by atoms with Gasteiger partial charge in [0.05, 0.1) is 11.2 Å². The second kappa shape index (κ2) is 8.31. The van der Waals surface area contributed by atoms with Crippen molar-refractivity contribution in [3.63, 3.8) is 0 Å². The number of amides is 1. The summed E-state index contributed by atoms with van der Waals surface area (Å²) in [5, 5.41) is 2.88.